The van der Waals surface area contributed by atoms with Gasteiger partial charge in [-0.3, -0.25) is 0 Å². The number of carbonyl (C=O) groups is 1. The molecule has 128 valence electrons. The van der Waals surface area contributed by atoms with E-state index in [2.05, 4.69) is 14.8 Å². The number of ether oxygens (including phenoxy) is 1. The monoisotopic (exact) mass is 413 g/mol. The third-order valence-corrected chi connectivity index (χ3v) is 4.99. The summed E-state index contributed by atoms with van der Waals surface area (Å²) in [7, 11) is 1.20. The quantitative estimate of drug-likeness (QED) is 0.181. The number of esters is 1. The zero-order valence-electron chi connectivity index (χ0n) is 12.7. The van der Waals surface area contributed by atoms with Crippen LogP contribution in [0.5, 0.6) is 0 Å². The molecule has 0 saturated heterocycles. The lowest BCUT2D eigenvalue weighted by atomic mass is 10.2. The molecule has 0 fully saturated rings. The summed E-state index contributed by atoms with van der Waals surface area (Å²) in [5.41, 5.74) is 9.00. The van der Waals surface area contributed by atoms with Crippen LogP contribution < -0.4 is 0 Å². The lowest BCUT2D eigenvalue weighted by Gasteiger charge is -2.09. The number of hydrogen-bond acceptors (Lipinski definition) is 4. The van der Waals surface area contributed by atoms with Crippen molar-refractivity contribution in [1.82, 2.24) is 0 Å². The highest BCUT2D eigenvalue weighted by atomic mass is 35.5. The normalized spacial score (nSPS) is 11.0. The number of azide groups is 1. The molecule has 0 saturated carbocycles. The van der Waals surface area contributed by atoms with Gasteiger partial charge in [-0.1, -0.05) is 51.7 Å². The molecule has 25 heavy (non-hydrogen) atoms. The van der Waals surface area contributed by atoms with Gasteiger partial charge >= 0.3 is 5.97 Å². The van der Waals surface area contributed by atoms with E-state index in [-0.39, 0.29) is 5.70 Å². The van der Waals surface area contributed by atoms with E-state index >= 15 is 0 Å². The molecular formula is C16H10Cl3N3O2S. The summed E-state index contributed by atoms with van der Waals surface area (Å²) in [4.78, 5) is 16.0. The second-order valence-corrected chi connectivity index (χ2v) is 6.94. The summed E-state index contributed by atoms with van der Waals surface area (Å²) in [6.07, 6.45) is 1.39. The first-order valence-corrected chi connectivity index (χ1v) is 8.67. The number of halogens is 3. The van der Waals surface area contributed by atoms with Crippen LogP contribution in [0.4, 0.5) is 0 Å². The van der Waals surface area contributed by atoms with Crippen LogP contribution in [0.15, 0.2) is 57.0 Å². The van der Waals surface area contributed by atoms with E-state index in [1.807, 2.05) is 12.1 Å². The fourth-order valence-corrected chi connectivity index (χ4v) is 3.27. The van der Waals surface area contributed by atoms with Crippen molar-refractivity contribution in [3.05, 3.63) is 73.2 Å². The molecule has 0 heterocycles. The molecular weight excluding hydrogens is 405 g/mol. The minimum absolute atomic E-state index is 0.193. The van der Waals surface area contributed by atoms with Crippen molar-refractivity contribution < 1.29 is 9.53 Å². The zero-order chi connectivity index (χ0) is 18.4. The van der Waals surface area contributed by atoms with E-state index in [1.54, 1.807) is 24.3 Å². The first-order valence-electron chi connectivity index (χ1n) is 6.72. The molecule has 2 rings (SSSR count). The molecule has 0 N–H and O–H groups in total. The second-order valence-electron chi connectivity index (χ2n) is 4.57. The Bertz CT molecular complexity index is 879. The van der Waals surface area contributed by atoms with E-state index in [0.717, 1.165) is 4.90 Å². The molecule has 0 aliphatic carbocycles. The van der Waals surface area contributed by atoms with E-state index < -0.39 is 5.97 Å². The van der Waals surface area contributed by atoms with Crippen LogP contribution >= 0.6 is 46.6 Å². The predicted octanol–water partition coefficient (Wildman–Crippen LogP) is 6.62. The maximum absolute atomic E-state index is 11.7. The van der Waals surface area contributed by atoms with Crippen LogP contribution in [-0.2, 0) is 9.53 Å². The summed E-state index contributed by atoms with van der Waals surface area (Å²) in [6.45, 7) is 0. The molecule has 9 heteroatoms. The molecule has 5 nitrogen and oxygen atoms in total. The van der Waals surface area contributed by atoms with Gasteiger partial charge in [-0.15, -0.1) is 0 Å². The fourth-order valence-electron chi connectivity index (χ4n) is 1.80. The summed E-state index contributed by atoms with van der Waals surface area (Å²) >= 11 is 19.5. The second kappa shape index (κ2) is 9.04. The Labute approximate surface area is 163 Å². The Hall–Kier alpha value is -1.82. The minimum atomic E-state index is -0.758. The Morgan fingerprint density at radius 1 is 1.20 bits per heavy atom. The van der Waals surface area contributed by atoms with Crippen LogP contribution in [0.1, 0.15) is 5.56 Å². The van der Waals surface area contributed by atoms with Gasteiger partial charge < -0.3 is 4.74 Å². The molecule has 0 unspecified atom stereocenters. The number of methoxy groups -OCH3 is 1. The topological polar surface area (TPSA) is 75.1 Å². The van der Waals surface area contributed by atoms with Gasteiger partial charge in [-0.25, -0.2) is 4.79 Å². The number of benzene rings is 2. The molecule has 0 aromatic heterocycles. The fraction of sp³-hybridized carbons (Fsp3) is 0.0625. The average Bonchev–Trinajstić information content (AvgIpc) is 2.60. The third-order valence-electron chi connectivity index (χ3n) is 2.93. The van der Waals surface area contributed by atoms with Crippen molar-refractivity contribution >= 4 is 58.6 Å². The van der Waals surface area contributed by atoms with Crippen molar-refractivity contribution in [2.24, 2.45) is 5.11 Å². The molecule has 2 aromatic carbocycles. The summed E-state index contributed by atoms with van der Waals surface area (Å²) in [5.74, 6) is -0.758. The molecule has 0 amide bonds. The molecule has 2 aromatic rings. The van der Waals surface area contributed by atoms with Crippen molar-refractivity contribution in [3.63, 3.8) is 0 Å². The minimum Gasteiger partial charge on any atom is -0.466 e. The zero-order valence-corrected chi connectivity index (χ0v) is 15.8. The van der Waals surface area contributed by atoms with Crippen LogP contribution in [0.2, 0.25) is 15.1 Å². The highest BCUT2D eigenvalue weighted by Gasteiger charge is 2.12. The van der Waals surface area contributed by atoms with Gasteiger partial charge in [0.2, 0.25) is 0 Å². The van der Waals surface area contributed by atoms with Crippen molar-refractivity contribution in [2.75, 3.05) is 7.11 Å². The third kappa shape index (κ3) is 5.33. The van der Waals surface area contributed by atoms with Gasteiger partial charge in [0.1, 0.15) is 5.70 Å². The lowest BCUT2D eigenvalue weighted by Crippen LogP contribution is -2.02. The highest BCUT2D eigenvalue weighted by molar-refractivity contribution is 7.99. The van der Waals surface area contributed by atoms with Gasteiger partial charge in [0, 0.05) is 19.7 Å². The molecule has 0 atom stereocenters. The SMILES string of the molecule is COC(=O)/C(=C\c1cc(Cl)c(Cl)cc1Sc1ccc(Cl)cc1)N=[N+]=[N-]. The maximum atomic E-state index is 11.7. The van der Waals surface area contributed by atoms with E-state index in [4.69, 9.17) is 40.3 Å². The Kier molecular flexibility index (Phi) is 7.05. The van der Waals surface area contributed by atoms with Gasteiger partial charge in [-0.2, -0.15) is 0 Å². The molecule has 0 bridgehead atoms. The van der Waals surface area contributed by atoms with E-state index in [9.17, 15) is 4.79 Å². The summed E-state index contributed by atoms with van der Waals surface area (Å²) < 4.78 is 4.61. The van der Waals surface area contributed by atoms with Gasteiger partial charge in [0.05, 0.1) is 17.2 Å². The number of hydrogen-bond donors (Lipinski definition) is 0. The first-order chi connectivity index (χ1) is 11.9. The Morgan fingerprint density at radius 2 is 1.84 bits per heavy atom. The largest absolute Gasteiger partial charge is 0.466 e. The standard InChI is InChI=1S/C16H10Cl3N3O2S/c1-24-16(23)14(21-22-20)7-9-6-12(18)13(19)8-15(9)25-11-4-2-10(17)3-5-11/h2-8H,1H3/b14-7+. The van der Waals surface area contributed by atoms with Crippen LogP contribution in [0.25, 0.3) is 16.5 Å². The van der Waals surface area contributed by atoms with Crippen molar-refractivity contribution in [3.8, 4) is 0 Å². The average molecular weight is 415 g/mol. The first kappa shape index (κ1) is 19.5. The number of rotatable bonds is 5. The van der Waals surface area contributed by atoms with E-state index in [1.165, 1.54) is 24.9 Å². The number of nitrogens with zero attached hydrogens (tertiary/aromatic N) is 3. The van der Waals surface area contributed by atoms with Gasteiger partial charge in [0.25, 0.3) is 0 Å². The molecule has 0 spiro atoms. The van der Waals surface area contributed by atoms with Crippen LogP contribution in [0, 0.1) is 0 Å². The van der Waals surface area contributed by atoms with Crippen LogP contribution in [-0.4, -0.2) is 13.1 Å². The lowest BCUT2D eigenvalue weighted by molar-refractivity contribution is -0.136. The molecule has 0 radical (unpaired) electrons. The van der Waals surface area contributed by atoms with Gasteiger partial charge in [-0.05, 0) is 53.6 Å². The maximum Gasteiger partial charge on any atom is 0.340 e. The highest BCUT2D eigenvalue weighted by Crippen LogP contribution is 2.37. The summed E-state index contributed by atoms with van der Waals surface area (Å²) in [6, 6.07) is 10.5. The van der Waals surface area contributed by atoms with Crippen molar-refractivity contribution in [2.45, 2.75) is 9.79 Å². The van der Waals surface area contributed by atoms with Crippen LogP contribution in [0.3, 0.4) is 0 Å². The Morgan fingerprint density at radius 3 is 2.44 bits per heavy atom. The van der Waals surface area contributed by atoms with Gasteiger partial charge in [0.15, 0.2) is 0 Å². The predicted molar refractivity (Wildman–Crippen MR) is 101 cm³/mol. The van der Waals surface area contributed by atoms with E-state index in [0.29, 0.717) is 25.5 Å². The summed E-state index contributed by atoms with van der Waals surface area (Å²) in [5, 5.41) is 4.65. The smallest absolute Gasteiger partial charge is 0.340 e. The molecule has 0 aliphatic heterocycles. The van der Waals surface area contributed by atoms with Crippen molar-refractivity contribution in [1.29, 1.82) is 0 Å². The Balaban J connectivity index is 2.52. The molecule has 0 aliphatic rings. The number of carbonyl (C=O) groups excluding carboxylic acids is 1.